The number of nitrogens with zero attached hydrogens (tertiary/aromatic N) is 1. The monoisotopic (exact) mass is 480 g/mol. The Hall–Kier alpha value is -2.63. The third-order valence-corrected chi connectivity index (χ3v) is 7.63. The van der Waals surface area contributed by atoms with E-state index in [2.05, 4.69) is 26.1 Å². The highest BCUT2D eigenvalue weighted by Gasteiger charge is 2.33. The van der Waals surface area contributed by atoms with Crippen molar-refractivity contribution in [3.05, 3.63) is 75.1 Å². The molecule has 1 unspecified atom stereocenters. The molecule has 0 saturated carbocycles. The van der Waals surface area contributed by atoms with Crippen LogP contribution in [0.1, 0.15) is 53.6 Å². The average molecular weight is 481 g/mol. The van der Waals surface area contributed by atoms with Gasteiger partial charge in [0.25, 0.3) is 5.91 Å². The predicted molar refractivity (Wildman–Crippen MR) is 139 cm³/mol. The normalized spacial score (nSPS) is 16.0. The molecule has 1 aliphatic rings. The molecule has 3 aromatic rings. The number of hydrogen-bond acceptors (Lipinski definition) is 4. The minimum absolute atomic E-state index is 0.133. The highest BCUT2D eigenvalue weighted by Crippen LogP contribution is 2.45. The van der Waals surface area contributed by atoms with Crippen LogP contribution < -0.4 is 10.1 Å². The minimum Gasteiger partial charge on any atom is -0.497 e. The number of benzene rings is 2. The van der Waals surface area contributed by atoms with E-state index >= 15 is 0 Å². The Morgan fingerprint density at radius 2 is 1.97 bits per heavy atom. The number of carbonyl (C=O) groups excluding carboxylic acids is 1. The van der Waals surface area contributed by atoms with Crippen LogP contribution in [-0.4, -0.2) is 19.2 Å². The fourth-order valence-corrected chi connectivity index (χ4v) is 5.68. The van der Waals surface area contributed by atoms with E-state index in [1.54, 1.807) is 30.6 Å². The van der Waals surface area contributed by atoms with Crippen molar-refractivity contribution in [3.8, 4) is 5.75 Å². The van der Waals surface area contributed by atoms with E-state index < -0.39 is 0 Å². The number of hydrogen-bond donors (Lipinski definition) is 1. The lowest BCUT2D eigenvalue weighted by Gasteiger charge is -2.33. The van der Waals surface area contributed by atoms with Gasteiger partial charge in [0, 0.05) is 21.8 Å². The zero-order valence-corrected chi connectivity index (χ0v) is 21.0. The molecule has 0 fully saturated rings. The molecule has 4 nitrogen and oxygen atoms in total. The number of aliphatic imine (C=N–C) groups is 1. The van der Waals surface area contributed by atoms with Crippen LogP contribution in [0.4, 0.5) is 10.7 Å². The van der Waals surface area contributed by atoms with Crippen LogP contribution in [0, 0.1) is 11.3 Å². The summed E-state index contributed by atoms with van der Waals surface area (Å²) in [7, 11) is 1.65. The first kappa shape index (κ1) is 23.5. The van der Waals surface area contributed by atoms with Crippen LogP contribution in [0.2, 0.25) is 5.02 Å². The van der Waals surface area contributed by atoms with Crippen molar-refractivity contribution < 1.29 is 9.53 Å². The quantitative estimate of drug-likeness (QED) is 0.383. The zero-order chi connectivity index (χ0) is 23.6. The van der Waals surface area contributed by atoms with Crippen molar-refractivity contribution >= 4 is 45.7 Å². The third kappa shape index (κ3) is 5.48. The first-order valence-corrected chi connectivity index (χ1v) is 12.3. The number of methoxy groups -OCH3 is 1. The molecule has 0 bridgehead atoms. The van der Waals surface area contributed by atoms with Gasteiger partial charge in [0.1, 0.15) is 10.8 Å². The maximum Gasteiger partial charge on any atom is 0.259 e. The second kappa shape index (κ2) is 9.70. The molecular weight excluding hydrogens is 452 g/mol. The number of ether oxygens (including phenoxy) is 1. The summed E-state index contributed by atoms with van der Waals surface area (Å²) in [5.41, 5.74) is 3.70. The van der Waals surface area contributed by atoms with Crippen molar-refractivity contribution in [3.63, 3.8) is 0 Å². The number of fused-ring (bicyclic) bond motifs is 1. The van der Waals surface area contributed by atoms with E-state index in [0.29, 0.717) is 22.2 Å². The lowest BCUT2D eigenvalue weighted by Crippen LogP contribution is -2.27. The summed E-state index contributed by atoms with van der Waals surface area (Å²) in [6.07, 6.45) is 4.77. The van der Waals surface area contributed by atoms with E-state index in [4.69, 9.17) is 21.3 Å². The summed E-state index contributed by atoms with van der Waals surface area (Å²) in [6.45, 7) is 6.89. The molecular formula is C27H29ClN2O2S. The van der Waals surface area contributed by atoms with Gasteiger partial charge >= 0.3 is 0 Å². The molecule has 1 aromatic heterocycles. The molecule has 172 valence electrons. The largest absolute Gasteiger partial charge is 0.497 e. The number of amides is 1. The zero-order valence-electron chi connectivity index (χ0n) is 19.4. The molecule has 1 atom stereocenters. The number of carbonyl (C=O) groups is 1. The summed E-state index contributed by atoms with van der Waals surface area (Å²) < 4.78 is 5.24. The smallest absolute Gasteiger partial charge is 0.259 e. The van der Waals surface area contributed by atoms with Crippen LogP contribution in [0.5, 0.6) is 5.75 Å². The summed E-state index contributed by atoms with van der Waals surface area (Å²) in [6, 6.07) is 14.9. The SMILES string of the molecule is COc1ccc(C=Nc2sc3c(c2C(=O)Nc2cccc(Cl)c2)CCC(C(C)(C)C)C3)cc1. The van der Waals surface area contributed by atoms with Gasteiger partial charge < -0.3 is 10.1 Å². The topological polar surface area (TPSA) is 50.7 Å². The Kier molecular flexibility index (Phi) is 6.91. The number of thiophene rings is 1. The lowest BCUT2D eigenvalue weighted by molar-refractivity contribution is 0.102. The predicted octanol–water partition coefficient (Wildman–Crippen LogP) is 7.56. The number of rotatable bonds is 5. The van der Waals surface area contributed by atoms with Crippen molar-refractivity contribution in [2.75, 3.05) is 12.4 Å². The van der Waals surface area contributed by atoms with Gasteiger partial charge in [0.2, 0.25) is 0 Å². The lowest BCUT2D eigenvalue weighted by atomic mass is 9.72. The number of anilines is 1. The van der Waals surface area contributed by atoms with E-state index in [1.807, 2.05) is 42.6 Å². The Bertz CT molecular complexity index is 1180. The highest BCUT2D eigenvalue weighted by atomic mass is 35.5. The average Bonchev–Trinajstić information content (AvgIpc) is 3.15. The summed E-state index contributed by atoms with van der Waals surface area (Å²) in [4.78, 5) is 19.5. The fourth-order valence-electron chi connectivity index (χ4n) is 4.22. The Labute approximate surface area is 204 Å². The van der Waals surface area contributed by atoms with Crippen molar-refractivity contribution in [2.45, 2.75) is 40.0 Å². The molecule has 2 aromatic carbocycles. The van der Waals surface area contributed by atoms with Gasteiger partial charge in [-0.2, -0.15) is 0 Å². The van der Waals surface area contributed by atoms with E-state index in [9.17, 15) is 4.79 Å². The van der Waals surface area contributed by atoms with E-state index in [1.165, 1.54) is 4.88 Å². The molecule has 4 rings (SSSR count). The Morgan fingerprint density at radius 3 is 2.64 bits per heavy atom. The second-order valence-electron chi connectivity index (χ2n) is 9.49. The van der Waals surface area contributed by atoms with Crippen LogP contribution in [0.15, 0.2) is 53.5 Å². The van der Waals surface area contributed by atoms with Crippen molar-refractivity contribution in [1.82, 2.24) is 0 Å². The molecule has 1 heterocycles. The van der Waals surface area contributed by atoms with Gasteiger partial charge in [-0.15, -0.1) is 11.3 Å². The van der Waals surface area contributed by atoms with Crippen molar-refractivity contribution in [1.29, 1.82) is 0 Å². The standard InChI is InChI=1S/C27H29ClN2O2S/c1-27(2,3)18-10-13-22-23(14-18)33-26(29-16-17-8-11-21(32-4)12-9-17)24(22)25(31)30-20-7-5-6-19(28)15-20/h5-9,11-12,15-16,18H,10,13-14H2,1-4H3,(H,30,31). The van der Waals surface area contributed by atoms with Crippen molar-refractivity contribution in [2.24, 2.45) is 16.3 Å². The summed E-state index contributed by atoms with van der Waals surface area (Å²) >= 11 is 7.76. The maximum atomic E-state index is 13.4. The van der Waals surface area contributed by atoms with Gasteiger partial charge in [-0.25, -0.2) is 4.99 Å². The van der Waals surface area contributed by atoms with E-state index in [-0.39, 0.29) is 11.3 Å². The van der Waals surface area contributed by atoms with Crippen LogP contribution in [0.3, 0.4) is 0 Å². The first-order chi connectivity index (χ1) is 15.7. The molecule has 0 saturated heterocycles. The van der Waals surface area contributed by atoms with Gasteiger partial charge in [-0.05, 0) is 84.2 Å². The molecule has 1 aliphatic carbocycles. The van der Waals surface area contributed by atoms with Gasteiger partial charge in [0.05, 0.1) is 12.7 Å². The summed E-state index contributed by atoms with van der Waals surface area (Å²) in [5.74, 6) is 1.25. The third-order valence-electron chi connectivity index (χ3n) is 6.23. The fraction of sp³-hybridized carbons (Fsp3) is 0.333. The molecule has 1 N–H and O–H groups in total. The molecule has 0 spiro atoms. The molecule has 0 radical (unpaired) electrons. The van der Waals surface area contributed by atoms with Crippen LogP contribution >= 0.6 is 22.9 Å². The first-order valence-electron chi connectivity index (χ1n) is 11.1. The van der Waals surface area contributed by atoms with Gasteiger partial charge in [-0.3, -0.25) is 4.79 Å². The number of nitrogens with one attached hydrogen (secondary N) is 1. The van der Waals surface area contributed by atoms with Gasteiger partial charge in [0.15, 0.2) is 0 Å². The highest BCUT2D eigenvalue weighted by molar-refractivity contribution is 7.16. The second-order valence-corrected chi connectivity index (χ2v) is 11.0. The van der Waals surface area contributed by atoms with Gasteiger partial charge in [-0.1, -0.05) is 38.4 Å². The van der Waals surface area contributed by atoms with E-state index in [0.717, 1.165) is 41.1 Å². The Balaban J connectivity index is 1.68. The Morgan fingerprint density at radius 1 is 1.21 bits per heavy atom. The molecule has 6 heteroatoms. The van der Waals surface area contributed by atoms with Crippen LogP contribution in [0.25, 0.3) is 0 Å². The minimum atomic E-state index is -0.133. The maximum absolute atomic E-state index is 13.4. The summed E-state index contributed by atoms with van der Waals surface area (Å²) in [5, 5.41) is 4.37. The van der Waals surface area contributed by atoms with Crippen LogP contribution in [-0.2, 0) is 12.8 Å². The molecule has 1 amide bonds. The molecule has 0 aliphatic heterocycles. The molecule has 33 heavy (non-hydrogen) atoms. The number of halogens is 1.